The van der Waals surface area contributed by atoms with Crippen molar-refractivity contribution in [3.8, 4) is 22.3 Å². The molecule has 8 aromatic rings. The van der Waals surface area contributed by atoms with E-state index in [9.17, 15) is 0 Å². The molecular weight excluding hydrogens is 679 g/mol. The normalized spacial score (nSPS) is 16.2. The fourth-order valence-electron chi connectivity index (χ4n) is 8.78. The second-order valence-corrected chi connectivity index (χ2v) is 15.2. The molecule has 2 heterocycles. The van der Waals surface area contributed by atoms with Gasteiger partial charge in [-0.3, -0.25) is 4.90 Å². The van der Waals surface area contributed by atoms with Crippen LogP contribution in [-0.2, 0) is 0 Å². The molecule has 3 heteroatoms. The van der Waals surface area contributed by atoms with E-state index >= 15 is 0 Å². The molecule has 0 saturated carbocycles. The summed E-state index contributed by atoms with van der Waals surface area (Å²) in [6.07, 6.45) is 13.9. The number of fused-ring (bicyclic) bond motifs is 4. The highest BCUT2D eigenvalue weighted by Gasteiger charge is 2.26. The average molecular weight is 720 g/mol. The van der Waals surface area contributed by atoms with Crippen molar-refractivity contribution in [3.05, 3.63) is 205 Å². The SMILES string of the molecule is Cc1cccc(N(c2ccc(-c3ccc4c(-c5ccc6ccccc6c5)c5ccccc5c(C5=C[C@@H](C)C6C=CC=CC6=C5)c4c3)cc2)c2cccc(C)n2)n1. The standard InChI is InChI=1S/C53H41N3/c1-34-30-43(32-41-16-6-7-17-45(34)41)53-47-19-9-8-18-46(47)52(42-23-22-37-14-4-5-15-39(37)31-42)48-29-26-40(33-49(48)53)38-24-27-44(28-25-38)56(50-20-10-12-35(2)54-50)51-21-11-13-36(3)55-51/h4-34,45H,1-3H3/t34-,45?/m1/s1. The Hall–Kier alpha value is -6.84. The fraction of sp³-hybridized carbons (Fsp3) is 0.0943. The van der Waals surface area contributed by atoms with Crippen LogP contribution in [0.25, 0.3) is 60.1 Å². The molecule has 0 aliphatic heterocycles. The van der Waals surface area contributed by atoms with Gasteiger partial charge in [0.2, 0.25) is 0 Å². The van der Waals surface area contributed by atoms with Crippen molar-refractivity contribution in [3.63, 3.8) is 0 Å². The Bertz CT molecular complexity index is 2920. The number of nitrogens with zero attached hydrogens (tertiary/aromatic N) is 3. The maximum absolute atomic E-state index is 4.90. The molecule has 6 aromatic carbocycles. The lowest BCUT2D eigenvalue weighted by Gasteiger charge is -2.28. The van der Waals surface area contributed by atoms with E-state index < -0.39 is 0 Å². The maximum atomic E-state index is 4.90. The molecule has 0 spiro atoms. The van der Waals surface area contributed by atoms with Crippen molar-refractivity contribution in [1.82, 2.24) is 9.97 Å². The van der Waals surface area contributed by atoms with Gasteiger partial charge in [-0.1, -0.05) is 140 Å². The Balaban J connectivity index is 1.17. The van der Waals surface area contributed by atoms with Gasteiger partial charge in [0.15, 0.2) is 0 Å². The van der Waals surface area contributed by atoms with Gasteiger partial charge in [-0.25, -0.2) is 9.97 Å². The predicted octanol–water partition coefficient (Wildman–Crippen LogP) is 14.1. The van der Waals surface area contributed by atoms with Crippen molar-refractivity contribution < 1.29 is 0 Å². The van der Waals surface area contributed by atoms with Crippen LogP contribution in [0.1, 0.15) is 23.9 Å². The summed E-state index contributed by atoms with van der Waals surface area (Å²) in [5.74, 6) is 2.46. The second kappa shape index (κ2) is 13.8. The lowest BCUT2D eigenvalue weighted by Crippen LogP contribution is -2.15. The predicted molar refractivity (Wildman–Crippen MR) is 237 cm³/mol. The van der Waals surface area contributed by atoms with Crippen LogP contribution in [0.5, 0.6) is 0 Å². The Morgan fingerprint density at radius 1 is 0.518 bits per heavy atom. The lowest BCUT2D eigenvalue weighted by atomic mass is 9.76. The van der Waals surface area contributed by atoms with E-state index in [2.05, 4.69) is 170 Å². The molecule has 0 radical (unpaired) electrons. The van der Waals surface area contributed by atoms with E-state index in [1.807, 2.05) is 38.1 Å². The first-order valence-corrected chi connectivity index (χ1v) is 19.5. The summed E-state index contributed by atoms with van der Waals surface area (Å²) in [7, 11) is 0. The van der Waals surface area contributed by atoms with Crippen molar-refractivity contribution in [1.29, 1.82) is 0 Å². The highest BCUT2D eigenvalue weighted by molar-refractivity contribution is 6.20. The molecule has 56 heavy (non-hydrogen) atoms. The summed E-state index contributed by atoms with van der Waals surface area (Å²) >= 11 is 0. The monoisotopic (exact) mass is 719 g/mol. The number of benzene rings is 6. The summed E-state index contributed by atoms with van der Waals surface area (Å²) in [5.41, 5.74) is 11.7. The average Bonchev–Trinajstić information content (AvgIpc) is 3.23. The third kappa shape index (κ3) is 5.93. The molecular formula is C53H41N3. The molecule has 0 saturated heterocycles. The van der Waals surface area contributed by atoms with Crippen LogP contribution in [0.3, 0.4) is 0 Å². The van der Waals surface area contributed by atoms with Crippen molar-refractivity contribution in [2.75, 3.05) is 4.90 Å². The Morgan fingerprint density at radius 2 is 1.16 bits per heavy atom. The van der Waals surface area contributed by atoms with Gasteiger partial charge in [-0.15, -0.1) is 0 Å². The number of rotatable bonds is 6. The number of hydrogen-bond donors (Lipinski definition) is 0. The molecule has 0 N–H and O–H groups in total. The molecule has 0 fully saturated rings. The van der Waals surface area contributed by atoms with Gasteiger partial charge < -0.3 is 0 Å². The molecule has 1 unspecified atom stereocenters. The number of allylic oxidation sites excluding steroid dienone is 8. The Kier molecular flexibility index (Phi) is 8.30. The largest absolute Gasteiger partial charge is 0.279 e. The van der Waals surface area contributed by atoms with Crippen LogP contribution in [0.4, 0.5) is 17.3 Å². The number of anilines is 3. The van der Waals surface area contributed by atoms with Crippen LogP contribution in [-0.4, -0.2) is 9.97 Å². The number of pyridine rings is 2. The van der Waals surface area contributed by atoms with Crippen LogP contribution in [0.15, 0.2) is 188 Å². The highest BCUT2D eigenvalue weighted by Crippen LogP contribution is 2.46. The second-order valence-electron chi connectivity index (χ2n) is 15.2. The van der Waals surface area contributed by atoms with Crippen LogP contribution < -0.4 is 4.90 Å². The third-order valence-corrected chi connectivity index (χ3v) is 11.4. The summed E-state index contributed by atoms with van der Waals surface area (Å²) in [6, 6.07) is 52.7. The van der Waals surface area contributed by atoms with Crippen molar-refractivity contribution >= 4 is 55.2 Å². The van der Waals surface area contributed by atoms with Crippen molar-refractivity contribution in [2.45, 2.75) is 20.8 Å². The minimum atomic E-state index is 0.379. The molecule has 268 valence electrons. The minimum absolute atomic E-state index is 0.379. The van der Waals surface area contributed by atoms with Gasteiger partial charge in [0.1, 0.15) is 11.6 Å². The van der Waals surface area contributed by atoms with E-state index in [0.717, 1.165) is 34.3 Å². The summed E-state index contributed by atoms with van der Waals surface area (Å²) in [6.45, 7) is 6.40. The van der Waals surface area contributed by atoms with Gasteiger partial charge in [-0.05, 0) is 140 Å². The van der Waals surface area contributed by atoms with Gasteiger partial charge >= 0.3 is 0 Å². The van der Waals surface area contributed by atoms with E-state index in [1.54, 1.807) is 0 Å². The molecule has 0 amide bonds. The molecule has 2 atom stereocenters. The Morgan fingerprint density at radius 3 is 1.89 bits per heavy atom. The van der Waals surface area contributed by atoms with Gasteiger partial charge in [0.05, 0.1) is 0 Å². The molecule has 2 aromatic heterocycles. The van der Waals surface area contributed by atoms with Gasteiger partial charge in [-0.2, -0.15) is 0 Å². The molecule has 0 bridgehead atoms. The fourth-order valence-corrected chi connectivity index (χ4v) is 8.78. The van der Waals surface area contributed by atoms with E-state index in [0.29, 0.717) is 11.8 Å². The van der Waals surface area contributed by atoms with Crippen LogP contribution >= 0.6 is 0 Å². The molecule has 10 rings (SSSR count). The van der Waals surface area contributed by atoms with Gasteiger partial charge in [0.25, 0.3) is 0 Å². The zero-order chi connectivity index (χ0) is 37.8. The van der Waals surface area contributed by atoms with Crippen LogP contribution in [0.2, 0.25) is 0 Å². The zero-order valence-corrected chi connectivity index (χ0v) is 31.8. The summed E-state index contributed by atoms with van der Waals surface area (Å²) in [4.78, 5) is 11.9. The van der Waals surface area contributed by atoms with Crippen LogP contribution in [0, 0.1) is 25.7 Å². The number of aryl methyl sites for hydroxylation is 2. The number of aromatic nitrogens is 2. The summed E-state index contributed by atoms with van der Waals surface area (Å²) in [5, 5.41) is 7.54. The quantitative estimate of drug-likeness (QED) is 0.160. The van der Waals surface area contributed by atoms with E-state index in [1.165, 1.54) is 65.7 Å². The van der Waals surface area contributed by atoms with E-state index in [-0.39, 0.29) is 0 Å². The van der Waals surface area contributed by atoms with Gasteiger partial charge in [0, 0.05) is 23.0 Å². The molecule has 3 nitrogen and oxygen atoms in total. The highest BCUT2D eigenvalue weighted by atomic mass is 15.2. The van der Waals surface area contributed by atoms with Crippen molar-refractivity contribution in [2.24, 2.45) is 11.8 Å². The first kappa shape index (κ1) is 33.7. The number of hydrogen-bond acceptors (Lipinski definition) is 3. The first-order chi connectivity index (χ1) is 27.5. The topological polar surface area (TPSA) is 29.0 Å². The third-order valence-electron chi connectivity index (χ3n) is 11.4. The molecule has 2 aliphatic carbocycles. The lowest BCUT2D eigenvalue weighted by molar-refractivity contribution is 0.585. The first-order valence-electron chi connectivity index (χ1n) is 19.5. The van der Waals surface area contributed by atoms with E-state index in [4.69, 9.17) is 9.97 Å². The minimum Gasteiger partial charge on any atom is -0.279 e. The summed E-state index contributed by atoms with van der Waals surface area (Å²) < 4.78 is 0. The maximum Gasteiger partial charge on any atom is 0.138 e. The Labute approximate surface area is 328 Å². The smallest absolute Gasteiger partial charge is 0.138 e. The molecule has 2 aliphatic rings. The zero-order valence-electron chi connectivity index (χ0n) is 31.8.